The van der Waals surface area contributed by atoms with Crippen LogP contribution in [0.2, 0.25) is 0 Å². The van der Waals surface area contributed by atoms with Crippen molar-refractivity contribution in [2.24, 2.45) is 4.99 Å². The molecule has 0 saturated carbocycles. The average Bonchev–Trinajstić information content (AvgIpc) is 2.63. The molecule has 24 heavy (non-hydrogen) atoms. The minimum Gasteiger partial charge on any atom is -0.367 e. The van der Waals surface area contributed by atoms with E-state index in [1.807, 2.05) is 39.1 Å². The van der Waals surface area contributed by atoms with Gasteiger partial charge in [0.05, 0.1) is 23.6 Å². The van der Waals surface area contributed by atoms with Crippen LogP contribution in [0.15, 0.2) is 58.9 Å². The molecule has 0 aliphatic heterocycles. The molecule has 3 nitrogen and oxygen atoms in total. The molecule has 0 spiro atoms. The van der Waals surface area contributed by atoms with Crippen molar-refractivity contribution in [3.05, 3.63) is 65.2 Å². The van der Waals surface area contributed by atoms with E-state index in [4.69, 9.17) is 0 Å². The Morgan fingerprint density at radius 2 is 2.12 bits per heavy atom. The lowest BCUT2D eigenvalue weighted by atomic mass is 10.1. The van der Waals surface area contributed by atoms with E-state index in [-0.39, 0.29) is 0 Å². The lowest BCUT2D eigenvalue weighted by Gasteiger charge is -2.23. The topological polar surface area (TPSA) is 28.5 Å². The van der Waals surface area contributed by atoms with E-state index in [1.165, 1.54) is 11.1 Å². The van der Waals surface area contributed by atoms with E-state index in [2.05, 4.69) is 53.6 Å². The van der Waals surface area contributed by atoms with E-state index >= 15 is 0 Å². The largest absolute Gasteiger partial charge is 0.367 e. The van der Waals surface area contributed by atoms with Crippen molar-refractivity contribution in [3.63, 3.8) is 0 Å². The highest BCUT2D eigenvalue weighted by molar-refractivity contribution is 5.80. The second-order valence-electron chi connectivity index (χ2n) is 6.62. The number of hydrogen-bond donors (Lipinski definition) is 0. The number of allylic oxidation sites excluding steroid dienone is 4. The highest BCUT2D eigenvalue weighted by Crippen LogP contribution is 2.27. The highest BCUT2D eigenvalue weighted by atomic mass is 15.1. The van der Waals surface area contributed by atoms with E-state index < -0.39 is 0 Å². The second kappa shape index (κ2) is 7.91. The Bertz CT molecular complexity index is 744. The summed E-state index contributed by atoms with van der Waals surface area (Å²) in [5, 5.41) is 0. The molecule has 0 bridgehead atoms. The number of likely N-dealkylation sites (N-methyl/N-ethyl adjacent to an activating group) is 1. The minimum absolute atomic E-state index is 0.721. The highest BCUT2D eigenvalue weighted by Gasteiger charge is 2.16. The second-order valence-corrected chi connectivity index (χ2v) is 6.62. The maximum absolute atomic E-state index is 4.66. The van der Waals surface area contributed by atoms with Gasteiger partial charge in [-0.1, -0.05) is 35.9 Å². The molecule has 0 radical (unpaired) electrons. The molecule has 2 rings (SSSR count). The van der Waals surface area contributed by atoms with E-state index in [1.54, 1.807) is 0 Å². The van der Waals surface area contributed by atoms with Gasteiger partial charge in [-0.15, -0.1) is 0 Å². The fraction of sp³-hybridized carbons (Fsp3) is 0.333. The van der Waals surface area contributed by atoms with E-state index in [0.29, 0.717) is 0 Å². The molecule has 1 aromatic rings. The van der Waals surface area contributed by atoms with Crippen LogP contribution < -0.4 is 0 Å². The molecule has 0 aromatic carbocycles. The van der Waals surface area contributed by atoms with Crippen LogP contribution in [0.25, 0.3) is 11.8 Å². The monoisotopic (exact) mass is 321 g/mol. The van der Waals surface area contributed by atoms with Crippen molar-refractivity contribution in [2.45, 2.75) is 34.1 Å². The summed E-state index contributed by atoms with van der Waals surface area (Å²) < 4.78 is 0. The fourth-order valence-electron chi connectivity index (χ4n) is 2.78. The molecule has 1 heterocycles. The van der Waals surface area contributed by atoms with E-state index in [9.17, 15) is 0 Å². The van der Waals surface area contributed by atoms with Gasteiger partial charge >= 0.3 is 0 Å². The summed E-state index contributed by atoms with van der Waals surface area (Å²) in [6, 6.07) is 4.11. The third-order valence-corrected chi connectivity index (χ3v) is 3.69. The summed E-state index contributed by atoms with van der Waals surface area (Å²) in [5.74, 6) is 0. The summed E-state index contributed by atoms with van der Waals surface area (Å²) in [7, 11) is 2.09. The zero-order chi connectivity index (χ0) is 17.7. The number of fused-ring (bicyclic) bond motifs is 1. The van der Waals surface area contributed by atoms with Gasteiger partial charge in [0.2, 0.25) is 0 Å². The van der Waals surface area contributed by atoms with Gasteiger partial charge < -0.3 is 4.90 Å². The van der Waals surface area contributed by atoms with Gasteiger partial charge in [0, 0.05) is 24.5 Å². The number of aliphatic imine (C=N–C) groups is 1. The Morgan fingerprint density at radius 1 is 1.38 bits per heavy atom. The Labute approximate surface area is 145 Å². The normalized spacial score (nSPS) is 14.1. The maximum Gasteiger partial charge on any atom is 0.0932 e. The van der Waals surface area contributed by atoms with Crippen molar-refractivity contribution >= 4 is 17.5 Å². The number of aromatic nitrogens is 1. The first-order chi connectivity index (χ1) is 11.4. The van der Waals surface area contributed by atoms with Gasteiger partial charge in [-0.3, -0.25) is 9.98 Å². The molecule has 3 heteroatoms. The molecule has 1 aromatic heterocycles. The molecule has 0 unspecified atom stereocenters. The van der Waals surface area contributed by atoms with Crippen molar-refractivity contribution in [1.29, 1.82) is 0 Å². The first-order valence-electron chi connectivity index (χ1n) is 8.28. The van der Waals surface area contributed by atoms with Gasteiger partial charge in [0.1, 0.15) is 0 Å². The SMILES string of the molecule is C=C(C)/C=C(/CN(C)C1=CCC(C)=Cc2cccnc21)N=C(C)C. The quantitative estimate of drug-likeness (QED) is 0.557. The van der Waals surface area contributed by atoms with Crippen molar-refractivity contribution < 1.29 is 0 Å². The Kier molecular flexibility index (Phi) is 5.91. The standard InChI is InChI=1S/C21H27N3/c1-15(2)12-19(23-16(3)4)14-24(6)20-10-9-17(5)13-18-8-7-11-22-21(18)20/h7-8,10-13H,1,9,14H2,2-6H3/b19-12-. The van der Waals surface area contributed by atoms with Gasteiger partial charge in [-0.25, -0.2) is 0 Å². The smallest absolute Gasteiger partial charge is 0.0932 e. The lowest BCUT2D eigenvalue weighted by Crippen LogP contribution is -2.20. The Hall–Kier alpha value is -2.42. The van der Waals surface area contributed by atoms with Gasteiger partial charge in [0.25, 0.3) is 0 Å². The Balaban J connectivity index is 2.34. The molecule has 0 saturated heterocycles. The van der Waals surface area contributed by atoms with Crippen LogP contribution in [0.1, 0.15) is 45.4 Å². The first-order valence-corrected chi connectivity index (χ1v) is 8.28. The predicted octanol–water partition coefficient (Wildman–Crippen LogP) is 5.10. The molecular weight excluding hydrogens is 294 g/mol. The van der Waals surface area contributed by atoms with Crippen LogP contribution >= 0.6 is 0 Å². The Morgan fingerprint density at radius 3 is 2.79 bits per heavy atom. The molecule has 1 aliphatic rings. The summed E-state index contributed by atoms with van der Waals surface area (Å²) in [6.07, 6.45) is 9.31. The van der Waals surface area contributed by atoms with Crippen LogP contribution in [0, 0.1) is 0 Å². The van der Waals surface area contributed by atoms with Crippen molar-refractivity contribution in [2.75, 3.05) is 13.6 Å². The molecule has 126 valence electrons. The van der Waals surface area contributed by atoms with Gasteiger partial charge in [-0.05, 0) is 46.3 Å². The predicted molar refractivity (Wildman–Crippen MR) is 105 cm³/mol. The van der Waals surface area contributed by atoms with Crippen LogP contribution in [0.5, 0.6) is 0 Å². The molecule has 0 amide bonds. The van der Waals surface area contributed by atoms with Crippen LogP contribution in [0.3, 0.4) is 0 Å². The van der Waals surface area contributed by atoms with Crippen molar-refractivity contribution in [3.8, 4) is 0 Å². The van der Waals surface area contributed by atoms with Crippen LogP contribution in [-0.4, -0.2) is 29.2 Å². The summed E-state index contributed by atoms with van der Waals surface area (Å²) in [4.78, 5) is 11.5. The molecule has 1 aliphatic carbocycles. The maximum atomic E-state index is 4.66. The van der Waals surface area contributed by atoms with Crippen LogP contribution in [-0.2, 0) is 0 Å². The van der Waals surface area contributed by atoms with Crippen LogP contribution in [0.4, 0.5) is 0 Å². The van der Waals surface area contributed by atoms with Gasteiger partial charge in [-0.2, -0.15) is 0 Å². The number of pyridine rings is 1. The van der Waals surface area contributed by atoms with E-state index in [0.717, 1.165) is 41.3 Å². The number of nitrogens with zero attached hydrogens (tertiary/aromatic N) is 3. The minimum atomic E-state index is 0.721. The first kappa shape index (κ1) is 17.9. The summed E-state index contributed by atoms with van der Waals surface area (Å²) in [5.41, 5.74) is 7.76. The summed E-state index contributed by atoms with van der Waals surface area (Å²) in [6.45, 7) is 12.9. The molecular formula is C21H27N3. The molecule has 0 N–H and O–H groups in total. The fourth-order valence-corrected chi connectivity index (χ4v) is 2.78. The zero-order valence-electron chi connectivity index (χ0n) is 15.4. The molecule has 0 atom stereocenters. The number of hydrogen-bond acceptors (Lipinski definition) is 3. The number of rotatable bonds is 5. The lowest BCUT2D eigenvalue weighted by molar-refractivity contribution is 0.516. The van der Waals surface area contributed by atoms with Gasteiger partial charge in [0.15, 0.2) is 0 Å². The zero-order valence-corrected chi connectivity index (χ0v) is 15.4. The van der Waals surface area contributed by atoms with Crippen molar-refractivity contribution in [1.82, 2.24) is 9.88 Å². The summed E-state index contributed by atoms with van der Waals surface area (Å²) >= 11 is 0. The molecule has 0 fully saturated rings. The third kappa shape index (κ3) is 4.79. The third-order valence-electron chi connectivity index (χ3n) is 3.69. The average molecular weight is 321 g/mol.